The Morgan fingerprint density at radius 3 is 2.64 bits per heavy atom. The number of hydrogen-bond acceptors (Lipinski definition) is 4. The summed E-state index contributed by atoms with van der Waals surface area (Å²) >= 11 is 3.36. The normalized spacial score (nSPS) is 14.6. The lowest BCUT2D eigenvalue weighted by atomic mass is 10.2. The maximum atomic E-state index is 13.5. The smallest absolute Gasteiger partial charge is 0.334 e. The summed E-state index contributed by atoms with van der Waals surface area (Å²) in [6, 6.07) is 2.33. The molecule has 3 aromatic heterocycles. The Kier molecular flexibility index (Phi) is 4.44. The van der Waals surface area contributed by atoms with E-state index in [9.17, 15) is 18.0 Å². The summed E-state index contributed by atoms with van der Waals surface area (Å²) in [5, 5.41) is 7.99. The second kappa shape index (κ2) is 6.57. The molecule has 0 N–H and O–H groups in total. The number of rotatable bonds is 4. The molecular formula is C17H16BrF3N6O. The Labute approximate surface area is 166 Å². The maximum Gasteiger partial charge on any atom is 0.433 e. The summed E-state index contributed by atoms with van der Waals surface area (Å²) in [7, 11) is 3.29. The lowest BCUT2D eigenvalue weighted by Crippen LogP contribution is -2.28. The van der Waals surface area contributed by atoms with Gasteiger partial charge in [0.15, 0.2) is 11.3 Å². The van der Waals surface area contributed by atoms with Gasteiger partial charge >= 0.3 is 6.18 Å². The van der Waals surface area contributed by atoms with Gasteiger partial charge in [0.25, 0.3) is 5.91 Å². The minimum absolute atomic E-state index is 0.0233. The van der Waals surface area contributed by atoms with Crippen LogP contribution in [0.1, 0.15) is 46.3 Å². The second-order valence-corrected chi connectivity index (χ2v) is 7.72. The van der Waals surface area contributed by atoms with Crippen molar-refractivity contribution < 1.29 is 18.0 Å². The largest absolute Gasteiger partial charge is 0.433 e. The van der Waals surface area contributed by atoms with Gasteiger partial charge < -0.3 is 4.90 Å². The molecule has 7 nitrogen and oxygen atoms in total. The minimum Gasteiger partial charge on any atom is -0.334 e. The summed E-state index contributed by atoms with van der Waals surface area (Å²) in [4.78, 5) is 18.4. The number of alkyl halides is 3. The van der Waals surface area contributed by atoms with Crippen LogP contribution in [0, 0.1) is 0 Å². The van der Waals surface area contributed by atoms with E-state index in [1.807, 2.05) is 0 Å². The average molecular weight is 457 g/mol. The number of aryl methyl sites for hydroxylation is 1. The molecule has 4 rings (SSSR count). The fraction of sp³-hybridized carbons (Fsp3) is 0.412. The number of nitrogens with zero attached hydrogens (tertiary/aromatic N) is 6. The molecule has 0 saturated heterocycles. The Balaban J connectivity index is 1.69. The molecule has 3 aromatic rings. The highest BCUT2D eigenvalue weighted by atomic mass is 79.9. The lowest BCUT2D eigenvalue weighted by Gasteiger charge is -2.16. The van der Waals surface area contributed by atoms with Crippen LogP contribution in [-0.4, -0.2) is 42.2 Å². The molecule has 0 radical (unpaired) electrons. The molecule has 1 aliphatic carbocycles. The van der Waals surface area contributed by atoms with E-state index in [0.717, 1.165) is 29.1 Å². The SMILES string of the molecule is CN(Cc1c(Br)cnn1C)C(=O)c1cc2nc(C3CC3)cc(C(F)(F)F)n2n1. The molecule has 0 unspecified atom stereocenters. The number of fused-ring (bicyclic) bond motifs is 1. The predicted octanol–water partition coefficient (Wildman–Crippen LogP) is 3.39. The summed E-state index contributed by atoms with van der Waals surface area (Å²) in [5.74, 6) is -0.454. The zero-order valence-electron chi connectivity index (χ0n) is 15.0. The van der Waals surface area contributed by atoms with Gasteiger partial charge in [-0.05, 0) is 34.8 Å². The first kappa shape index (κ1) is 18.9. The summed E-state index contributed by atoms with van der Waals surface area (Å²) < 4.78 is 43.5. The van der Waals surface area contributed by atoms with E-state index in [1.54, 1.807) is 25.0 Å². The Morgan fingerprint density at radius 1 is 1.36 bits per heavy atom. The van der Waals surface area contributed by atoms with E-state index < -0.39 is 17.8 Å². The van der Waals surface area contributed by atoms with Crippen molar-refractivity contribution in [2.75, 3.05) is 7.05 Å². The van der Waals surface area contributed by atoms with Gasteiger partial charge in [-0.25, -0.2) is 9.50 Å². The average Bonchev–Trinajstić information content (AvgIpc) is 3.32. The maximum absolute atomic E-state index is 13.5. The van der Waals surface area contributed by atoms with Gasteiger partial charge in [0, 0.05) is 31.8 Å². The molecule has 148 valence electrons. The van der Waals surface area contributed by atoms with Gasteiger partial charge in [-0.3, -0.25) is 9.48 Å². The summed E-state index contributed by atoms with van der Waals surface area (Å²) in [6.45, 7) is 0.219. The molecule has 1 amide bonds. The van der Waals surface area contributed by atoms with E-state index in [-0.39, 0.29) is 23.8 Å². The van der Waals surface area contributed by atoms with Crippen LogP contribution < -0.4 is 0 Å². The van der Waals surface area contributed by atoms with Crippen LogP contribution in [0.4, 0.5) is 13.2 Å². The second-order valence-electron chi connectivity index (χ2n) is 6.86. The Bertz CT molecular complexity index is 1050. The molecule has 0 spiro atoms. The third-order valence-electron chi connectivity index (χ3n) is 4.70. The van der Waals surface area contributed by atoms with Crippen molar-refractivity contribution >= 4 is 27.5 Å². The third-order valence-corrected chi connectivity index (χ3v) is 5.36. The van der Waals surface area contributed by atoms with Crippen molar-refractivity contribution in [3.05, 3.63) is 45.6 Å². The third kappa shape index (κ3) is 3.38. The van der Waals surface area contributed by atoms with Crippen LogP contribution in [0.25, 0.3) is 5.65 Å². The molecule has 28 heavy (non-hydrogen) atoms. The molecule has 0 aromatic carbocycles. The van der Waals surface area contributed by atoms with E-state index in [4.69, 9.17) is 0 Å². The van der Waals surface area contributed by atoms with Crippen LogP contribution >= 0.6 is 15.9 Å². The molecular weight excluding hydrogens is 441 g/mol. The number of halogens is 4. The van der Waals surface area contributed by atoms with Gasteiger partial charge in [0.05, 0.1) is 22.9 Å². The van der Waals surface area contributed by atoms with Gasteiger partial charge in [0.1, 0.15) is 5.69 Å². The molecule has 1 saturated carbocycles. The van der Waals surface area contributed by atoms with E-state index >= 15 is 0 Å². The highest BCUT2D eigenvalue weighted by Gasteiger charge is 2.37. The van der Waals surface area contributed by atoms with E-state index in [0.29, 0.717) is 10.2 Å². The van der Waals surface area contributed by atoms with Gasteiger partial charge in [0.2, 0.25) is 0 Å². The fourth-order valence-corrected chi connectivity index (χ4v) is 3.47. The molecule has 0 bridgehead atoms. The molecule has 1 fully saturated rings. The van der Waals surface area contributed by atoms with Gasteiger partial charge in [-0.15, -0.1) is 0 Å². The van der Waals surface area contributed by atoms with Crippen molar-refractivity contribution in [3.8, 4) is 0 Å². The van der Waals surface area contributed by atoms with Crippen LogP contribution in [0.5, 0.6) is 0 Å². The predicted molar refractivity (Wildman–Crippen MR) is 96.7 cm³/mol. The lowest BCUT2D eigenvalue weighted by molar-refractivity contribution is -0.142. The molecule has 0 atom stereocenters. The molecule has 1 aliphatic rings. The summed E-state index contributed by atoms with van der Waals surface area (Å²) in [5.41, 5.74) is 0.160. The first-order valence-corrected chi connectivity index (χ1v) is 9.34. The van der Waals surface area contributed by atoms with Crippen molar-refractivity contribution in [1.29, 1.82) is 0 Å². The highest BCUT2D eigenvalue weighted by Crippen LogP contribution is 2.41. The topological polar surface area (TPSA) is 68.3 Å². The Hall–Kier alpha value is -2.43. The molecule has 11 heteroatoms. The quantitative estimate of drug-likeness (QED) is 0.603. The van der Waals surface area contributed by atoms with E-state index in [1.165, 1.54) is 11.0 Å². The molecule has 0 aliphatic heterocycles. The minimum atomic E-state index is -4.59. The van der Waals surface area contributed by atoms with Crippen LogP contribution in [-0.2, 0) is 19.8 Å². The zero-order chi connectivity index (χ0) is 20.2. The van der Waals surface area contributed by atoms with Crippen molar-refractivity contribution in [1.82, 2.24) is 29.3 Å². The number of carbonyl (C=O) groups excluding carboxylic acids is 1. The van der Waals surface area contributed by atoms with Crippen LogP contribution in [0.3, 0.4) is 0 Å². The first-order chi connectivity index (χ1) is 13.1. The van der Waals surface area contributed by atoms with Crippen molar-refractivity contribution in [2.24, 2.45) is 7.05 Å². The van der Waals surface area contributed by atoms with Crippen LogP contribution in [0.15, 0.2) is 22.8 Å². The van der Waals surface area contributed by atoms with Crippen molar-refractivity contribution in [2.45, 2.75) is 31.5 Å². The van der Waals surface area contributed by atoms with Gasteiger partial charge in [-0.1, -0.05) is 0 Å². The standard InChI is InChI=1S/C17H16BrF3N6O/c1-25(8-13-10(18)7-22-26(13)2)16(28)12-6-15-23-11(9-3-4-9)5-14(17(19,20)21)27(15)24-12/h5-7,9H,3-4,8H2,1-2H3. The molecule has 3 heterocycles. The van der Waals surface area contributed by atoms with Crippen LogP contribution in [0.2, 0.25) is 0 Å². The number of hydrogen-bond donors (Lipinski definition) is 0. The Morgan fingerprint density at radius 2 is 2.07 bits per heavy atom. The number of carbonyl (C=O) groups is 1. The number of amides is 1. The van der Waals surface area contributed by atoms with E-state index in [2.05, 4.69) is 31.1 Å². The van der Waals surface area contributed by atoms with Gasteiger partial charge in [-0.2, -0.15) is 23.4 Å². The fourth-order valence-electron chi connectivity index (χ4n) is 2.99. The highest BCUT2D eigenvalue weighted by molar-refractivity contribution is 9.10. The summed E-state index contributed by atoms with van der Waals surface area (Å²) in [6.07, 6.45) is -1.34. The number of aromatic nitrogens is 5. The van der Waals surface area contributed by atoms with Crippen molar-refractivity contribution in [3.63, 3.8) is 0 Å². The monoisotopic (exact) mass is 456 g/mol. The first-order valence-electron chi connectivity index (χ1n) is 8.55. The zero-order valence-corrected chi connectivity index (χ0v) is 16.6.